The van der Waals surface area contributed by atoms with Crippen LogP contribution in [0.1, 0.15) is 21.5 Å². The van der Waals surface area contributed by atoms with Crippen molar-refractivity contribution in [1.82, 2.24) is 0 Å². The summed E-state index contributed by atoms with van der Waals surface area (Å²) in [6.07, 6.45) is 0. The van der Waals surface area contributed by atoms with E-state index in [9.17, 15) is 9.18 Å². The molecule has 2 N–H and O–H groups in total. The molecule has 2 aromatic carbocycles. The molecule has 104 valence electrons. The second-order valence-corrected chi connectivity index (χ2v) is 5.52. The van der Waals surface area contributed by atoms with Crippen molar-refractivity contribution < 1.29 is 9.18 Å². The van der Waals surface area contributed by atoms with Gasteiger partial charge in [0.2, 0.25) is 0 Å². The second-order valence-electron chi connectivity index (χ2n) is 4.27. The van der Waals surface area contributed by atoms with E-state index in [0.29, 0.717) is 5.02 Å². The summed E-state index contributed by atoms with van der Waals surface area (Å²) < 4.78 is 14.1. The number of hydrogen-bond acceptors (Lipinski definition) is 2. The number of rotatable bonds is 2. The molecule has 0 spiro atoms. The standard InChI is InChI=1S/C14H9Cl3FNO/c1-6-2-8(19)5-9(13(6)18)14(20)12-10(16)3-7(15)4-11(12)17/h2-5H,19H2,1H3. The van der Waals surface area contributed by atoms with Gasteiger partial charge in [0, 0.05) is 10.7 Å². The van der Waals surface area contributed by atoms with Gasteiger partial charge in [-0.25, -0.2) is 4.39 Å². The molecule has 0 saturated carbocycles. The molecule has 0 aliphatic carbocycles. The molecule has 0 saturated heterocycles. The van der Waals surface area contributed by atoms with Crippen LogP contribution in [0.5, 0.6) is 0 Å². The van der Waals surface area contributed by atoms with E-state index in [4.69, 9.17) is 40.5 Å². The maximum atomic E-state index is 14.1. The molecule has 0 aliphatic heterocycles. The zero-order valence-electron chi connectivity index (χ0n) is 10.3. The highest BCUT2D eigenvalue weighted by molar-refractivity contribution is 6.43. The molecule has 0 fully saturated rings. The van der Waals surface area contributed by atoms with E-state index in [-0.39, 0.29) is 32.4 Å². The lowest BCUT2D eigenvalue weighted by molar-refractivity contribution is 0.103. The Bertz CT molecular complexity index is 693. The number of halogens is 4. The van der Waals surface area contributed by atoms with Crippen LogP contribution in [0.4, 0.5) is 10.1 Å². The lowest BCUT2D eigenvalue weighted by Gasteiger charge is -2.10. The average Bonchev–Trinajstić information content (AvgIpc) is 2.32. The molecule has 6 heteroatoms. The van der Waals surface area contributed by atoms with E-state index < -0.39 is 11.6 Å². The molecule has 20 heavy (non-hydrogen) atoms. The molecule has 0 radical (unpaired) electrons. The Kier molecular flexibility index (Phi) is 4.23. The van der Waals surface area contributed by atoms with Crippen molar-refractivity contribution in [3.8, 4) is 0 Å². The van der Waals surface area contributed by atoms with Gasteiger partial charge in [0.15, 0.2) is 5.78 Å². The third-order valence-electron chi connectivity index (χ3n) is 2.76. The van der Waals surface area contributed by atoms with Crippen LogP contribution < -0.4 is 5.73 Å². The average molecular weight is 333 g/mol. The van der Waals surface area contributed by atoms with Crippen LogP contribution in [-0.4, -0.2) is 5.78 Å². The SMILES string of the molecule is Cc1cc(N)cc(C(=O)c2c(Cl)cc(Cl)cc2Cl)c1F. The van der Waals surface area contributed by atoms with Crippen LogP contribution in [0.15, 0.2) is 24.3 Å². The molecule has 0 amide bonds. The number of nitrogens with two attached hydrogens (primary N) is 1. The quantitative estimate of drug-likeness (QED) is 0.627. The number of anilines is 1. The lowest BCUT2D eigenvalue weighted by Crippen LogP contribution is -2.08. The third kappa shape index (κ3) is 2.75. The zero-order valence-corrected chi connectivity index (χ0v) is 12.6. The van der Waals surface area contributed by atoms with Crippen LogP contribution in [0, 0.1) is 12.7 Å². The molecular weight excluding hydrogens is 324 g/mol. The van der Waals surface area contributed by atoms with Crippen molar-refractivity contribution in [2.45, 2.75) is 6.92 Å². The van der Waals surface area contributed by atoms with Gasteiger partial charge in [0.05, 0.1) is 21.2 Å². The van der Waals surface area contributed by atoms with E-state index in [0.717, 1.165) is 0 Å². The van der Waals surface area contributed by atoms with Crippen LogP contribution in [0.25, 0.3) is 0 Å². The number of ketones is 1. The van der Waals surface area contributed by atoms with Crippen LogP contribution in [0.2, 0.25) is 15.1 Å². The molecule has 0 heterocycles. The van der Waals surface area contributed by atoms with E-state index >= 15 is 0 Å². The fraction of sp³-hybridized carbons (Fsp3) is 0.0714. The van der Waals surface area contributed by atoms with E-state index in [2.05, 4.69) is 0 Å². The molecule has 2 rings (SSSR count). The Labute approximate surface area is 130 Å². The number of hydrogen-bond donors (Lipinski definition) is 1. The zero-order chi connectivity index (χ0) is 15.0. The number of carbonyl (C=O) groups excluding carboxylic acids is 1. The van der Waals surface area contributed by atoms with Crippen molar-refractivity contribution in [3.63, 3.8) is 0 Å². The lowest BCUT2D eigenvalue weighted by atomic mass is 10.00. The summed E-state index contributed by atoms with van der Waals surface area (Å²) in [5, 5.41) is 0.416. The van der Waals surface area contributed by atoms with Crippen molar-refractivity contribution in [1.29, 1.82) is 0 Å². The first kappa shape index (κ1) is 15.1. The van der Waals surface area contributed by atoms with Gasteiger partial charge < -0.3 is 5.73 Å². The molecule has 2 nitrogen and oxygen atoms in total. The minimum absolute atomic E-state index is 0.00151. The first-order valence-corrected chi connectivity index (χ1v) is 6.69. The van der Waals surface area contributed by atoms with Gasteiger partial charge in [0.1, 0.15) is 5.82 Å². The van der Waals surface area contributed by atoms with Gasteiger partial charge >= 0.3 is 0 Å². The Morgan fingerprint density at radius 1 is 1.10 bits per heavy atom. The summed E-state index contributed by atoms with van der Waals surface area (Å²) in [4.78, 5) is 12.4. The van der Waals surface area contributed by atoms with Gasteiger partial charge in [-0.1, -0.05) is 34.8 Å². The Morgan fingerprint density at radius 3 is 2.20 bits per heavy atom. The minimum atomic E-state index is -0.647. The van der Waals surface area contributed by atoms with Gasteiger partial charge in [-0.05, 0) is 36.8 Å². The predicted molar refractivity (Wildman–Crippen MR) is 80.5 cm³/mol. The predicted octanol–water partition coefficient (Wildman–Crippen LogP) is 4.91. The topological polar surface area (TPSA) is 43.1 Å². The van der Waals surface area contributed by atoms with Crippen molar-refractivity contribution in [2.24, 2.45) is 0 Å². The van der Waals surface area contributed by atoms with Crippen molar-refractivity contribution in [2.75, 3.05) is 5.73 Å². The first-order valence-electron chi connectivity index (χ1n) is 5.56. The number of aryl methyl sites for hydroxylation is 1. The summed E-state index contributed by atoms with van der Waals surface area (Å²) in [7, 11) is 0. The molecule has 0 aromatic heterocycles. The highest BCUT2D eigenvalue weighted by Gasteiger charge is 2.22. The summed E-state index contributed by atoms with van der Waals surface area (Å²) in [6.45, 7) is 1.52. The highest BCUT2D eigenvalue weighted by atomic mass is 35.5. The van der Waals surface area contributed by atoms with Gasteiger partial charge in [-0.2, -0.15) is 0 Å². The van der Waals surface area contributed by atoms with Crippen molar-refractivity contribution in [3.05, 3.63) is 61.8 Å². The minimum Gasteiger partial charge on any atom is -0.399 e. The fourth-order valence-corrected chi connectivity index (χ4v) is 2.85. The smallest absolute Gasteiger partial charge is 0.199 e. The fourth-order valence-electron chi connectivity index (χ4n) is 1.86. The number of nitrogen functional groups attached to an aromatic ring is 1. The summed E-state index contributed by atoms with van der Waals surface area (Å²) in [5.41, 5.74) is 6.03. The van der Waals surface area contributed by atoms with E-state index in [1.165, 1.54) is 31.2 Å². The maximum absolute atomic E-state index is 14.1. The van der Waals surface area contributed by atoms with E-state index in [1.807, 2.05) is 0 Å². The Hall–Kier alpha value is -1.29. The van der Waals surface area contributed by atoms with E-state index in [1.54, 1.807) is 0 Å². The van der Waals surface area contributed by atoms with Gasteiger partial charge in [0.25, 0.3) is 0 Å². The first-order chi connectivity index (χ1) is 9.31. The normalized spacial score (nSPS) is 10.7. The molecule has 0 bridgehead atoms. The molecular formula is C14H9Cl3FNO. The summed E-state index contributed by atoms with van der Waals surface area (Å²) in [5.74, 6) is -1.28. The third-order valence-corrected chi connectivity index (χ3v) is 3.57. The number of benzene rings is 2. The van der Waals surface area contributed by atoms with Crippen LogP contribution in [-0.2, 0) is 0 Å². The number of carbonyl (C=O) groups is 1. The summed E-state index contributed by atoms with van der Waals surface area (Å²) in [6, 6.07) is 5.45. The summed E-state index contributed by atoms with van der Waals surface area (Å²) >= 11 is 17.7. The van der Waals surface area contributed by atoms with Gasteiger partial charge in [-0.15, -0.1) is 0 Å². The molecule has 0 aliphatic rings. The maximum Gasteiger partial charge on any atom is 0.199 e. The molecule has 2 aromatic rings. The van der Waals surface area contributed by atoms with Gasteiger partial charge in [-0.3, -0.25) is 4.79 Å². The molecule has 0 unspecified atom stereocenters. The van der Waals surface area contributed by atoms with Crippen molar-refractivity contribution >= 4 is 46.3 Å². The monoisotopic (exact) mass is 331 g/mol. The largest absolute Gasteiger partial charge is 0.399 e. The van der Waals surface area contributed by atoms with Crippen LogP contribution in [0.3, 0.4) is 0 Å². The second kappa shape index (κ2) is 5.60. The van der Waals surface area contributed by atoms with Crippen LogP contribution >= 0.6 is 34.8 Å². The Morgan fingerprint density at radius 2 is 1.65 bits per heavy atom. The Balaban J connectivity index is 2.64. The molecule has 0 atom stereocenters. The highest BCUT2D eigenvalue weighted by Crippen LogP contribution is 2.32.